The minimum Gasteiger partial charge on any atom is -0.387 e. The van der Waals surface area contributed by atoms with E-state index in [9.17, 15) is 14.3 Å². The Morgan fingerprint density at radius 3 is 2.89 bits per heavy atom. The molecular weight excluding hydrogens is 271 g/mol. The number of aliphatic hydroxyl groups excluding tert-OH is 1. The van der Waals surface area contributed by atoms with Gasteiger partial charge in [-0.1, -0.05) is 24.6 Å². The molecule has 104 valence electrons. The molecule has 0 aliphatic heterocycles. The Balaban J connectivity index is 1.81. The lowest BCUT2D eigenvalue weighted by molar-refractivity contribution is 0.172. The molecule has 2 amide bonds. The van der Waals surface area contributed by atoms with E-state index in [1.165, 1.54) is 12.1 Å². The number of carbonyl (C=O) groups excluding carboxylic acids is 1. The summed E-state index contributed by atoms with van der Waals surface area (Å²) in [4.78, 5) is 11.5. The van der Waals surface area contributed by atoms with Gasteiger partial charge in [0, 0.05) is 12.6 Å². The summed E-state index contributed by atoms with van der Waals surface area (Å²) in [5.41, 5.74) is 0.377. The molecule has 1 fully saturated rings. The van der Waals surface area contributed by atoms with E-state index in [1.807, 2.05) is 0 Å². The third kappa shape index (κ3) is 3.81. The lowest BCUT2D eigenvalue weighted by atomic mass is 10.1. The molecule has 0 heterocycles. The second-order valence-electron chi connectivity index (χ2n) is 4.86. The minimum atomic E-state index is -0.964. The maximum absolute atomic E-state index is 13.2. The van der Waals surface area contributed by atoms with Crippen molar-refractivity contribution in [1.29, 1.82) is 0 Å². The zero-order chi connectivity index (χ0) is 14.0. The van der Waals surface area contributed by atoms with Gasteiger partial charge in [-0.3, -0.25) is 0 Å². The van der Waals surface area contributed by atoms with Gasteiger partial charge in [0.25, 0.3) is 0 Å². The van der Waals surface area contributed by atoms with Crippen molar-refractivity contribution < 1.29 is 14.3 Å². The number of hydrogen-bond acceptors (Lipinski definition) is 2. The van der Waals surface area contributed by atoms with Crippen molar-refractivity contribution in [2.75, 3.05) is 6.54 Å². The van der Waals surface area contributed by atoms with Gasteiger partial charge in [0.2, 0.25) is 0 Å². The van der Waals surface area contributed by atoms with Gasteiger partial charge in [-0.25, -0.2) is 9.18 Å². The molecule has 2 rings (SSSR count). The lowest BCUT2D eigenvalue weighted by Crippen LogP contribution is -2.39. The predicted octanol–water partition coefficient (Wildman–Crippen LogP) is 2.22. The number of nitrogens with one attached hydrogen (secondary N) is 2. The fraction of sp³-hybridized carbons (Fsp3) is 0.462. The van der Waals surface area contributed by atoms with Crippen LogP contribution in [0.1, 0.15) is 25.0 Å². The van der Waals surface area contributed by atoms with Crippen LogP contribution in [0.4, 0.5) is 9.18 Å². The summed E-state index contributed by atoms with van der Waals surface area (Å²) in [6.07, 6.45) is 0.0207. The van der Waals surface area contributed by atoms with Crippen LogP contribution in [0.25, 0.3) is 0 Å². The van der Waals surface area contributed by atoms with Gasteiger partial charge in [0.1, 0.15) is 5.82 Å². The van der Waals surface area contributed by atoms with Crippen molar-refractivity contribution in [2.45, 2.75) is 25.5 Å². The first-order valence-electron chi connectivity index (χ1n) is 6.14. The highest BCUT2D eigenvalue weighted by atomic mass is 35.5. The average Bonchev–Trinajstić information content (AvgIpc) is 3.05. The SMILES string of the molecule is CC1CC1NC(=O)NCC(O)c1ccc(Cl)c(F)c1. The molecule has 0 radical (unpaired) electrons. The van der Waals surface area contributed by atoms with E-state index in [0.29, 0.717) is 11.5 Å². The number of hydrogen-bond donors (Lipinski definition) is 3. The molecular formula is C13H16ClFN2O2. The molecule has 3 N–H and O–H groups in total. The van der Waals surface area contributed by atoms with E-state index < -0.39 is 11.9 Å². The Morgan fingerprint density at radius 1 is 1.63 bits per heavy atom. The van der Waals surface area contributed by atoms with Crippen molar-refractivity contribution >= 4 is 17.6 Å². The van der Waals surface area contributed by atoms with Gasteiger partial charge in [-0.05, 0) is 30.0 Å². The Bertz CT molecular complexity index is 484. The second-order valence-corrected chi connectivity index (χ2v) is 5.27. The van der Waals surface area contributed by atoms with Crippen molar-refractivity contribution in [3.05, 3.63) is 34.6 Å². The van der Waals surface area contributed by atoms with Crippen LogP contribution in [0, 0.1) is 11.7 Å². The molecule has 1 aliphatic rings. The number of carbonyl (C=O) groups is 1. The van der Waals surface area contributed by atoms with Crippen LogP contribution in [-0.4, -0.2) is 23.7 Å². The normalized spacial score (nSPS) is 22.7. The fourth-order valence-corrected chi connectivity index (χ4v) is 1.89. The number of urea groups is 1. The van der Waals surface area contributed by atoms with Gasteiger partial charge in [-0.2, -0.15) is 0 Å². The van der Waals surface area contributed by atoms with Gasteiger partial charge in [0.05, 0.1) is 11.1 Å². The van der Waals surface area contributed by atoms with Crippen LogP contribution in [0.5, 0.6) is 0 Å². The first kappa shape index (κ1) is 14.1. The summed E-state index contributed by atoms with van der Waals surface area (Å²) in [6, 6.07) is 3.98. The molecule has 19 heavy (non-hydrogen) atoms. The minimum absolute atomic E-state index is 0.00405. The number of halogens is 2. The Hall–Kier alpha value is -1.33. The molecule has 1 aromatic carbocycles. The third-order valence-corrected chi connectivity index (χ3v) is 3.52. The largest absolute Gasteiger partial charge is 0.387 e. The summed E-state index contributed by atoms with van der Waals surface area (Å²) >= 11 is 5.55. The fourth-order valence-electron chi connectivity index (χ4n) is 1.77. The molecule has 4 nitrogen and oxygen atoms in total. The quantitative estimate of drug-likeness (QED) is 0.795. The van der Waals surface area contributed by atoms with E-state index in [1.54, 1.807) is 0 Å². The summed E-state index contributed by atoms with van der Waals surface area (Å²) in [5, 5.41) is 15.2. The molecule has 0 aromatic heterocycles. The van der Waals surface area contributed by atoms with Crippen LogP contribution in [-0.2, 0) is 0 Å². The van der Waals surface area contributed by atoms with E-state index in [-0.39, 0.29) is 23.6 Å². The van der Waals surface area contributed by atoms with Crippen molar-refractivity contribution in [3.8, 4) is 0 Å². The molecule has 0 spiro atoms. The van der Waals surface area contributed by atoms with Crippen molar-refractivity contribution in [3.63, 3.8) is 0 Å². The average molecular weight is 287 g/mol. The highest BCUT2D eigenvalue weighted by Gasteiger charge is 2.33. The molecule has 3 atom stereocenters. The standard InChI is InChI=1S/C13H16ClFN2O2/c1-7-4-11(7)17-13(19)16-6-12(18)8-2-3-9(14)10(15)5-8/h2-3,5,7,11-12,18H,4,6H2,1H3,(H2,16,17,19). The molecule has 6 heteroatoms. The second kappa shape index (κ2) is 5.75. The van der Waals surface area contributed by atoms with Gasteiger partial charge >= 0.3 is 6.03 Å². The first-order valence-corrected chi connectivity index (χ1v) is 6.52. The molecule has 0 saturated heterocycles. The maximum Gasteiger partial charge on any atom is 0.315 e. The zero-order valence-corrected chi connectivity index (χ0v) is 11.2. The van der Waals surface area contributed by atoms with Crippen molar-refractivity contribution in [1.82, 2.24) is 10.6 Å². The topological polar surface area (TPSA) is 61.4 Å². The van der Waals surface area contributed by atoms with Crippen LogP contribution < -0.4 is 10.6 Å². The molecule has 1 aliphatic carbocycles. The highest BCUT2D eigenvalue weighted by Crippen LogP contribution is 2.28. The Morgan fingerprint density at radius 2 is 2.32 bits per heavy atom. The number of benzene rings is 1. The van der Waals surface area contributed by atoms with E-state index in [0.717, 1.165) is 12.5 Å². The summed E-state index contributed by atoms with van der Waals surface area (Å²) < 4.78 is 13.2. The predicted molar refractivity (Wildman–Crippen MR) is 70.5 cm³/mol. The lowest BCUT2D eigenvalue weighted by Gasteiger charge is -2.13. The smallest absolute Gasteiger partial charge is 0.315 e. The van der Waals surface area contributed by atoms with E-state index in [2.05, 4.69) is 17.6 Å². The monoisotopic (exact) mass is 286 g/mol. The first-order chi connectivity index (χ1) is 8.97. The Kier molecular flexibility index (Phi) is 4.27. The molecule has 3 unspecified atom stereocenters. The molecule has 1 aromatic rings. The number of amides is 2. The van der Waals surface area contributed by atoms with Gasteiger partial charge in [-0.15, -0.1) is 0 Å². The van der Waals surface area contributed by atoms with Crippen LogP contribution in [0.2, 0.25) is 5.02 Å². The van der Waals surface area contributed by atoms with E-state index in [4.69, 9.17) is 11.6 Å². The third-order valence-electron chi connectivity index (χ3n) is 3.21. The van der Waals surface area contributed by atoms with Crippen LogP contribution >= 0.6 is 11.6 Å². The van der Waals surface area contributed by atoms with Crippen molar-refractivity contribution in [2.24, 2.45) is 5.92 Å². The van der Waals surface area contributed by atoms with E-state index >= 15 is 0 Å². The number of rotatable bonds is 4. The number of aliphatic hydroxyl groups is 1. The summed E-state index contributed by atoms with van der Waals surface area (Å²) in [7, 11) is 0. The van der Waals surface area contributed by atoms with Crippen LogP contribution in [0.3, 0.4) is 0 Å². The Labute approximate surface area is 116 Å². The molecule has 1 saturated carbocycles. The summed E-state index contributed by atoms with van der Waals surface area (Å²) in [5.74, 6) is -0.0736. The summed E-state index contributed by atoms with van der Waals surface area (Å²) in [6.45, 7) is 2.07. The van der Waals surface area contributed by atoms with Crippen LogP contribution in [0.15, 0.2) is 18.2 Å². The zero-order valence-electron chi connectivity index (χ0n) is 10.5. The van der Waals surface area contributed by atoms with Gasteiger partial charge < -0.3 is 15.7 Å². The molecule has 0 bridgehead atoms. The van der Waals surface area contributed by atoms with Gasteiger partial charge in [0.15, 0.2) is 0 Å². The maximum atomic E-state index is 13.2. The highest BCUT2D eigenvalue weighted by molar-refractivity contribution is 6.30.